The maximum atomic E-state index is 9.26. The zero-order valence-corrected chi connectivity index (χ0v) is 10.4. The molecule has 1 saturated carbocycles. The molecule has 13 heteroatoms. The first-order chi connectivity index (χ1) is 8.88. The summed E-state index contributed by atoms with van der Waals surface area (Å²) in [4.78, 5) is 2.54. The Balaban J connectivity index is 0.000000399. The monoisotopic (exact) mass is 250 g/mol. The van der Waals surface area contributed by atoms with Crippen molar-refractivity contribution in [2.75, 3.05) is 6.61 Å². The van der Waals surface area contributed by atoms with Gasteiger partial charge in [0.05, 0.1) is 18.2 Å². The highest BCUT2D eigenvalue weighted by Gasteiger charge is 2.40. The van der Waals surface area contributed by atoms with E-state index in [0.29, 0.717) is 6.42 Å². The third-order valence-corrected chi connectivity index (χ3v) is 2.87. The van der Waals surface area contributed by atoms with Gasteiger partial charge in [-0.15, -0.1) is 0 Å². The van der Waals surface area contributed by atoms with Gasteiger partial charge in [0.25, 0.3) is 0 Å². The molecule has 3 N–H and O–H groups in total. The van der Waals surface area contributed by atoms with Crippen LogP contribution < -0.4 is 0 Å². The summed E-state index contributed by atoms with van der Waals surface area (Å²) in [6.45, 7) is -0.199. The fraction of sp³-hybridized carbons (Fsp3) is 1.00. The van der Waals surface area contributed by atoms with Gasteiger partial charge in [-0.05, 0) is 12.0 Å². The SMILES string of the molecule is [B][B]B([B])B([B])[B].[N-]=[N+]=N[C@@H]1C[C@H](CO)[C@@H](O)[C@H]1O. The number of azide groups is 1. The first-order valence-corrected chi connectivity index (χ1v) is 5.72. The molecule has 0 aromatic heterocycles. The van der Waals surface area contributed by atoms with E-state index in [4.69, 9.17) is 41.6 Å². The molecule has 1 aliphatic carbocycles. The van der Waals surface area contributed by atoms with Crippen LogP contribution in [0, 0.1) is 5.92 Å². The molecule has 0 unspecified atom stereocenters. The fourth-order valence-corrected chi connectivity index (χ4v) is 1.59. The number of hydrogen-bond donors (Lipinski definition) is 3. The Kier molecular flexibility index (Phi) is 9.35. The van der Waals surface area contributed by atoms with Gasteiger partial charge < -0.3 is 15.3 Å². The van der Waals surface area contributed by atoms with E-state index in [0.717, 1.165) is 0 Å². The van der Waals surface area contributed by atoms with Gasteiger partial charge in [-0.3, -0.25) is 0 Å². The maximum absolute atomic E-state index is 9.26. The molecule has 1 aliphatic rings. The van der Waals surface area contributed by atoms with Crippen molar-refractivity contribution >= 4 is 50.8 Å². The highest BCUT2D eigenvalue weighted by atomic mass is 16.3. The third-order valence-electron chi connectivity index (χ3n) is 2.87. The maximum Gasteiger partial charge on any atom is 0.0887 e. The zero-order chi connectivity index (χ0) is 15.0. The topological polar surface area (TPSA) is 109 Å². The first-order valence-electron chi connectivity index (χ1n) is 5.72. The van der Waals surface area contributed by atoms with Crippen molar-refractivity contribution < 1.29 is 15.3 Å². The van der Waals surface area contributed by atoms with Gasteiger partial charge in [0.2, 0.25) is 0 Å². The van der Waals surface area contributed by atoms with E-state index in [1.165, 1.54) is 7.06 Å². The van der Waals surface area contributed by atoms with Crippen LogP contribution in [0.3, 0.4) is 0 Å². The second-order valence-electron chi connectivity index (χ2n) is 4.28. The van der Waals surface area contributed by atoms with Gasteiger partial charge in [0, 0.05) is 68.2 Å². The summed E-state index contributed by atoms with van der Waals surface area (Å²) >= 11 is 0. The van der Waals surface area contributed by atoms with Crippen molar-refractivity contribution in [1.29, 1.82) is 0 Å². The van der Waals surface area contributed by atoms with Crippen LogP contribution >= 0.6 is 0 Å². The van der Waals surface area contributed by atoms with E-state index in [1.54, 1.807) is 0 Å². The highest BCUT2D eigenvalue weighted by Crippen LogP contribution is 2.28. The quantitative estimate of drug-likeness (QED) is 0.210. The van der Waals surface area contributed by atoms with Crippen LogP contribution in [-0.4, -0.2) is 91.0 Å². The molecule has 6 nitrogen and oxygen atoms in total. The van der Waals surface area contributed by atoms with E-state index in [-0.39, 0.29) is 18.9 Å². The van der Waals surface area contributed by atoms with Crippen molar-refractivity contribution in [3.05, 3.63) is 10.4 Å². The Labute approximate surface area is 119 Å². The predicted octanol–water partition coefficient (Wildman–Crippen LogP) is -3.27. The number of hydrogen-bond acceptors (Lipinski definition) is 4. The Hall–Kier alpha value is -0.355. The van der Waals surface area contributed by atoms with Gasteiger partial charge in [-0.1, -0.05) is 5.11 Å². The van der Waals surface area contributed by atoms with Crippen LogP contribution in [0.4, 0.5) is 0 Å². The van der Waals surface area contributed by atoms with E-state index in [2.05, 4.69) is 10.0 Å². The third kappa shape index (κ3) is 6.08. The van der Waals surface area contributed by atoms with Crippen molar-refractivity contribution in [1.82, 2.24) is 0 Å². The van der Waals surface area contributed by atoms with Crippen molar-refractivity contribution in [3.8, 4) is 0 Å². The number of aliphatic hydroxyl groups excluding tert-OH is 3. The minimum Gasteiger partial charge on any atom is -0.396 e. The molecule has 0 bridgehead atoms. The number of nitrogens with zero attached hydrogens (tertiary/aromatic N) is 3. The molecule has 19 heavy (non-hydrogen) atoms. The van der Waals surface area contributed by atoms with Gasteiger partial charge in [0.1, 0.15) is 0 Å². The molecule has 89 valence electrons. The average molecular weight is 249 g/mol. The Morgan fingerprint density at radius 2 is 1.89 bits per heavy atom. The molecule has 0 aromatic carbocycles. The molecule has 4 atom stereocenters. The molecule has 1 fully saturated rings. The standard InChI is InChI=1S/C6H11N3O3.B7/c7-9-8-4-1-3(2-10)5(11)6(4)12;1-5-7(4)6(2)3/h3-6,10-12H,1-2H2;/t3-,4-,5-,6+;/m1./s1. The zero-order valence-electron chi connectivity index (χ0n) is 10.4. The summed E-state index contributed by atoms with van der Waals surface area (Å²) in [6, 6.07) is -0.609. The van der Waals surface area contributed by atoms with Crippen LogP contribution in [0.15, 0.2) is 5.11 Å². The van der Waals surface area contributed by atoms with E-state index in [1.807, 2.05) is 0 Å². The van der Waals surface area contributed by atoms with E-state index in [9.17, 15) is 10.2 Å². The summed E-state index contributed by atoms with van der Waals surface area (Å²) in [7, 11) is 21.6. The minimum atomic E-state index is -1.04. The van der Waals surface area contributed by atoms with Crippen LogP contribution in [0.1, 0.15) is 6.42 Å². The molecule has 0 heterocycles. The van der Waals surface area contributed by atoms with E-state index < -0.39 is 24.6 Å². The van der Waals surface area contributed by atoms with Crippen molar-refractivity contribution in [3.63, 3.8) is 0 Å². The van der Waals surface area contributed by atoms with Crippen molar-refractivity contribution in [2.24, 2.45) is 11.0 Å². The summed E-state index contributed by atoms with van der Waals surface area (Å²) < 4.78 is 0. The molecule has 0 spiro atoms. The smallest absolute Gasteiger partial charge is 0.0887 e. The van der Waals surface area contributed by atoms with Gasteiger partial charge in [0.15, 0.2) is 0 Å². The molecule has 0 aromatic rings. The summed E-state index contributed by atoms with van der Waals surface area (Å²) in [5, 5.41) is 30.6. The molecular weight excluding hydrogens is 238 g/mol. The molecular formula is C6H11B7N3O3. The first kappa shape index (κ1) is 18.6. The van der Waals surface area contributed by atoms with Crippen molar-refractivity contribution in [2.45, 2.75) is 24.7 Å². The molecule has 1 rings (SSSR count). The second kappa shape index (κ2) is 9.53. The summed E-state index contributed by atoms with van der Waals surface area (Å²) in [5.74, 6) is -0.379. The molecule has 0 saturated heterocycles. The lowest BCUT2D eigenvalue weighted by atomic mass is 8.76. The second-order valence-corrected chi connectivity index (χ2v) is 4.28. The average Bonchev–Trinajstić information content (AvgIpc) is 2.66. The van der Waals surface area contributed by atoms with Gasteiger partial charge in [-0.25, -0.2) is 0 Å². The van der Waals surface area contributed by atoms with Crippen LogP contribution in [-0.2, 0) is 0 Å². The number of rotatable bonds is 4. The van der Waals surface area contributed by atoms with Gasteiger partial charge >= 0.3 is 0 Å². The predicted molar refractivity (Wildman–Crippen MR) is 80.4 cm³/mol. The lowest BCUT2D eigenvalue weighted by Crippen LogP contribution is -2.43. The van der Waals surface area contributed by atoms with Crippen LogP contribution in [0.5, 0.6) is 0 Å². The summed E-state index contributed by atoms with van der Waals surface area (Å²) in [6.07, 6.45) is -2.61. The molecule has 9 radical (unpaired) electrons. The molecule has 0 aliphatic heterocycles. The minimum absolute atomic E-state index is 0.199. The van der Waals surface area contributed by atoms with Crippen LogP contribution in [0.25, 0.3) is 10.4 Å². The highest BCUT2D eigenvalue weighted by molar-refractivity contribution is 7.81. The lowest BCUT2D eigenvalue weighted by Gasteiger charge is -2.13. The largest absolute Gasteiger partial charge is 0.396 e. The summed E-state index contributed by atoms with van der Waals surface area (Å²) in [5.41, 5.74) is 8.09. The Morgan fingerprint density at radius 1 is 1.32 bits per heavy atom. The van der Waals surface area contributed by atoms with E-state index >= 15 is 0 Å². The Bertz CT molecular complexity index is 306. The lowest BCUT2D eigenvalue weighted by molar-refractivity contribution is 0.00304. The molecule has 0 amide bonds. The van der Waals surface area contributed by atoms with Crippen LogP contribution in [0.2, 0.25) is 0 Å². The fourth-order valence-electron chi connectivity index (χ4n) is 1.59. The normalized spacial score (nSPS) is 28.6. The number of aliphatic hydroxyl groups is 3. The van der Waals surface area contributed by atoms with Gasteiger partial charge in [-0.2, -0.15) is 0 Å². The Morgan fingerprint density at radius 3 is 2.16 bits per heavy atom.